The largest absolute Gasteiger partial charge is 0.351 e. The summed E-state index contributed by atoms with van der Waals surface area (Å²) < 4.78 is 0.997. The molecule has 0 spiro atoms. The van der Waals surface area contributed by atoms with E-state index in [0.717, 1.165) is 20.6 Å². The Kier molecular flexibility index (Phi) is 6.83. The van der Waals surface area contributed by atoms with Crippen LogP contribution < -0.4 is 10.6 Å². The van der Waals surface area contributed by atoms with Gasteiger partial charge in [-0.2, -0.15) is 0 Å². The minimum atomic E-state index is -0.305. The second-order valence-electron chi connectivity index (χ2n) is 5.96. The van der Waals surface area contributed by atoms with E-state index < -0.39 is 0 Å². The minimum Gasteiger partial charge on any atom is -0.351 e. The highest BCUT2D eigenvalue weighted by Gasteiger charge is 2.13. The number of anilines is 1. The molecule has 0 unspecified atom stereocenters. The molecule has 8 heteroatoms. The Hall–Kier alpha value is -2.22. The van der Waals surface area contributed by atoms with Gasteiger partial charge in [0.05, 0.1) is 16.3 Å². The number of nitrogens with zero attached hydrogens (tertiary/aromatic N) is 1. The first kappa shape index (κ1) is 20.5. The van der Waals surface area contributed by atoms with Gasteiger partial charge in [-0.05, 0) is 31.2 Å². The van der Waals surface area contributed by atoms with E-state index in [0.29, 0.717) is 15.7 Å². The Morgan fingerprint density at radius 3 is 2.57 bits per heavy atom. The maximum absolute atomic E-state index is 12.2. The lowest BCUT2D eigenvalue weighted by atomic mass is 10.1. The number of hydrogen-bond donors (Lipinski definition) is 2. The number of rotatable bonds is 6. The minimum absolute atomic E-state index is 0.141. The summed E-state index contributed by atoms with van der Waals surface area (Å²) in [6.07, 6.45) is 0.141. The average molecular weight is 479 g/mol. The van der Waals surface area contributed by atoms with Gasteiger partial charge in [-0.1, -0.05) is 51.8 Å². The molecule has 3 aromatic rings. The number of nitrogens with one attached hydrogen (secondary N) is 2. The predicted molar refractivity (Wildman–Crippen MR) is 117 cm³/mol. The lowest BCUT2D eigenvalue weighted by molar-refractivity contribution is -0.116. The molecule has 0 aliphatic carbocycles. The number of carbonyl (C=O) groups excluding carboxylic acids is 2. The molecule has 1 heterocycles. The number of aromatic nitrogens is 1. The molecule has 0 aliphatic rings. The second kappa shape index (κ2) is 9.32. The van der Waals surface area contributed by atoms with Crippen molar-refractivity contribution in [3.8, 4) is 11.3 Å². The molecule has 0 aliphatic heterocycles. The molecule has 28 heavy (non-hydrogen) atoms. The topological polar surface area (TPSA) is 71.1 Å². The zero-order chi connectivity index (χ0) is 20.1. The Morgan fingerprint density at radius 2 is 1.86 bits per heavy atom. The summed E-state index contributed by atoms with van der Waals surface area (Å²) in [5.74, 6) is -0.517. The van der Waals surface area contributed by atoms with Crippen LogP contribution in [0.3, 0.4) is 0 Å². The van der Waals surface area contributed by atoms with Crippen LogP contribution in [-0.2, 0) is 4.79 Å². The molecule has 2 N–H and O–H groups in total. The van der Waals surface area contributed by atoms with Crippen molar-refractivity contribution < 1.29 is 9.59 Å². The monoisotopic (exact) mass is 477 g/mol. The van der Waals surface area contributed by atoms with Crippen molar-refractivity contribution in [3.05, 3.63) is 68.5 Å². The first-order valence-electron chi connectivity index (χ1n) is 8.50. The van der Waals surface area contributed by atoms with E-state index in [9.17, 15) is 9.59 Å². The maximum Gasteiger partial charge on any atom is 0.252 e. The summed E-state index contributed by atoms with van der Waals surface area (Å²) in [5, 5.41) is 6.41. The highest BCUT2D eigenvalue weighted by molar-refractivity contribution is 9.10. The smallest absolute Gasteiger partial charge is 0.252 e. The van der Waals surface area contributed by atoms with E-state index in [-0.39, 0.29) is 24.8 Å². The van der Waals surface area contributed by atoms with Gasteiger partial charge in [0.2, 0.25) is 5.91 Å². The summed E-state index contributed by atoms with van der Waals surface area (Å²) in [7, 11) is 0. The Labute approximate surface area is 180 Å². The van der Waals surface area contributed by atoms with Gasteiger partial charge < -0.3 is 10.6 Å². The standard InChI is InChI=1S/C20H17BrClN3O2S/c1-12-18(13-6-8-14(21)9-7-13)25-20(28-12)24-17(26)10-11-23-19(27)15-4-2-3-5-16(15)22/h2-9H,10-11H2,1H3,(H,23,27)(H,24,25,26). The first-order chi connectivity index (χ1) is 13.4. The first-order valence-corrected chi connectivity index (χ1v) is 10.5. The molecule has 0 saturated carbocycles. The third-order valence-corrected chi connectivity index (χ3v) is 5.66. The molecule has 3 rings (SSSR count). The molecule has 0 bridgehead atoms. The van der Waals surface area contributed by atoms with Crippen LogP contribution in [0.15, 0.2) is 53.0 Å². The summed E-state index contributed by atoms with van der Waals surface area (Å²) in [6.45, 7) is 2.17. The third kappa shape index (κ3) is 5.19. The lowest BCUT2D eigenvalue weighted by Crippen LogP contribution is -2.27. The quantitative estimate of drug-likeness (QED) is 0.505. The number of carbonyl (C=O) groups is 2. The molecule has 144 valence electrons. The average Bonchev–Trinajstić information content (AvgIpc) is 3.02. The van der Waals surface area contributed by atoms with E-state index in [2.05, 4.69) is 31.5 Å². The third-order valence-electron chi connectivity index (χ3n) is 3.92. The van der Waals surface area contributed by atoms with Gasteiger partial charge >= 0.3 is 0 Å². The van der Waals surface area contributed by atoms with Crippen LogP contribution in [-0.4, -0.2) is 23.3 Å². The summed E-state index contributed by atoms with van der Waals surface area (Å²) in [5.41, 5.74) is 2.23. The van der Waals surface area contributed by atoms with Crippen molar-refractivity contribution in [1.29, 1.82) is 0 Å². The molecular formula is C20H17BrClN3O2S. The summed E-state index contributed by atoms with van der Waals surface area (Å²) in [4.78, 5) is 29.8. The van der Waals surface area contributed by atoms with Crippen molar-refractivity contribution in [2.75, 3.05) is 11.9 Å². The Morgan fingerprint density at radius 1 is 1.14 bits per heavy atom. The van der Waals surface area contributed by atoms with E-state index in [1.807, 2.05) is 31.2 Å². The van der Waals surface area contributed by atoms with Crippen molar-refractivity contribution >= 4 is 55.8 Å². The Balaban J connectivity index is 1.54. The van der Waals surface area contributed by atoms with E-state index in [4.69, 9.17) is 11.6 Å². The van der Waals surface area contributed by atoms with Gasteiger partial charge in [-0.25, -0.2) is 4.98 Å². The lowest BCUT2D eigenvalue weighted by Gasteiger charge is -2.06. The molecule has 2 aromatic carbocycles. The molecule has 2 amide bonds. The number of benzene rings is 2. The molecule has 0 fully saturated rings. The summed E-state index contributed by atoms with van der Waals surface area (Å²) >= 11 is 10.8. The van der Waals surface area contributed by atoms with Gasteiger partial charge in [-0.3, -0.25) is 9.59 Å². The van der Waals surface area contributed by atoms with Crippen LogP contribution in [0.25, 0.3) is 11.3 Å². The normalized spacial score (nSPS) is 10.5. The van der Waals surface area contributed by atoms with Crippen molar-refractivity contribution in [3.63, 3.8) is 0 Å². The zero-order valence-electron chi connectivity index (χ0n) is 15.0. The van der Waals surface area contributed by atoms with Crippen LogP contribution in [0.2, 0.25) is 5.02 Å². The van der Waals surface area contributed by atoms with Gasteiger partial charge in [0, 0.05) is 27.9 Å². The second-order valence-corrected chi connectivity index (χ2v) is 8.49. The van der Waals surface area contributed by atoms with Gasteiger partial charge in [0.1, 0.15) is 0 Å². The fourth-order valence-corrected chi connectivity index (χ4v) is 3.88. The highest BCUT2D eigenvalue weighted by atomic mass is 79.9. The highest BCUT2D eigenvalue weighted by Crippen LogP contribution is 2.31. The maximum atomic E-state index is 12.2. The molecule has 5 nitrogen and oxygen atoms in total. The van der Waals surface area contributed by atoms with Crippen LogP contribution in [0, 0.1) is 6.92 Å². The van der Waals surface area contributed by atoms with Gasteiger partial charge in [-0.15, -0.1) is 11.3 Å². The van der Waals surface area contributed by atoms with E-state index >= 15 is 0 Å². The molecule has 0 atom stereocenters. The molecular weight excluding hydrogens is 462 g/mol. The van der Waals surface area contributed by atoms with Crippen molar-refractivity contribution in [1.82, 2.24) is 10.3 Å². The SMILES string of the molecule is Cc1sc(NC(=O)CCNC(=O)c2ccccc2Cl)nc1-c1ccc(Br)cc1. The van der Waals surface area contributed by atoms with Crippen LogP contribution in [0.5, 0.6) is 0 Å². The fraction of sp³-hybridized carbons (Fsp3) is 0.150. The van der Waals surface area contributed by atoms with E-state index in [1.54, 1.807) is 24.3 Å². The van der Waals surface area contributed by atoms with Crippen LogP contribution in [0.4, 0.5) is 5.13 Å². The number of aryl methyl sites for hydroxylation is 1. The van der Waals surface area contributed by atoms with Crippen molar-refractivity contribution in [2.45, 2.75) is 13.3 Å². The Bertz CT molecular complexity index is 1000. The van der Waals surface area contributed by atoms with Crippen LogP contribution in [0.1, 0.15) is 21.7 Å². The number of thiazole rings is 1. The fourth-order valence-electron chi connectivity index (χ4n) is 2.54. The van der Waals surface area contributed by atoms with Gasteiger partial charge in [0.15, 0.2) is 5.13 Å². The van der Waals surface area contributed by atoms with Crippen LogP contribution >= 0.6 is 38.9 Å². The predicted octanol–water partition coefficient (Wildman–Crippen LogP) is 5.29. The zero-order valence-corrected chi connectivity index (χ0v) is 18.1. The van der Waals surface area contributed by atoms with Gasteiger partial charge in [0.25, 0.3) is 5.91 Å². The van der Waals surface area contributed by atoms with E-state index in [1.165, 1.54) is 11.3 Å². The number of hydrogen-bond acceptors (Lipinski definition) is 4. The molecule has 1 aromatic heterocycles. The summed E-state index contributed by atoms with van der Waals surface area (Å²) in [6, 6.07) is 14.6. The van der Waals surface area contributed by atoms with Crippen molar-refractivity contribution in [2.24, 2.45) is 0 Å². The molecule has 0 saturated heterocycles. The molecule has 0 radical (unpaired) electrons. The number of amides is 2. The number of halogens is 2.